The first kappa shape index (κ1) is 17.2. The molecule has 0 bridgehead atoms. The fourth-order valence-electron chi connectivity index (χ4n) is 3.87. The van der Waals surface area contributed by atoms with E-state index in [1.807, 2.05) is 23.7 Å². The molecular weight excluding hydrogens is 352 g/mol. The minimum absolute atomic E-state index is 0.113. The van der Waals surface area contributed by atoms with E-state index in [0.717, 1.165) is 42.6 Å². The number of aromatic nitrogens is 3. The van der Waals surface area contributed by atoms with Gasteiger partial charge in [0.25, 0.3) is 5.91 Å². The van der Waals surface area contributed by atoms with Crippen molar-refractivity contribution in [3.05, 3.63) is 40.8 Å². The molecule has 0 saturated carbocycles. The van der Waals surface area contributed by atoms with E-state index in [2.05, 4.69) is 15.4 Å². The first-order valence-corrected chi connectivity index (χ1v) is 10.8. The predicted molar refractivity (Wildman–Crippen MR) is 98.1 cm³/mol. The van der Waals surface area contributed by atoms with Gasteiger partial charge in [0.1, 0.15) is 5.82 Å². The molecule has 1 aliphatic heterocycles. The molecule has 8 heteroatoms. The quantitative estimate of drug-likeness (QED) is 0.888. The minimum Gasteiger partial charge on any atom is -0.305 e. The van der Waals surface area contributed by atoms with Crippen molar-refractivity contribution in [2.45, 2.75) is 45.1 Å². The van der Waals surface area contributed by atoms with Gasteiger partial charge in [0.15, 0.2) is 15.5 Å². The van der Waals surface area contributed by atoms with Crippen LogP contribution in [0.2, 0.25) is 0 Å². The van der Waals surface area contributed by atoms with Crippen molar-refractivity contribution in [3.63, 3.8) is 0 Å². The van der Waals surface area contributed by atoms with Gasteiger partial charge in [0, 0.05) is 17.0 Å². The Morgan fingerprint density at radius 2 is 2.08 bits per heavy atom. The monoisotopic (exact) mass is 374 g/mol. The third-order valence-corrected chi connectivity index (χ3v) is 6.86. The third kappa shape index (κ3) is 3.25. The lowest BCUT2D eigenvalue weighted by molar-refractivity contribution is 0.102. The molecule has 0 aromatic carbocycles. The number of carbonyl (C=O) groups is 1. The Kier molecular flexibility index (Phi) is 4.30. The summed E-state index contributed by atoms with van der Waals surface area (Å²) in [7, 11) is -3.01. The maximum Gasteiger partial charge on any atom is 0.277 e. The van der Waals surface area contributed by atoms with Crippen LogP contribution in [-0.2, 0) is 22.7 Å². The van der Waals surface area contributed by atoms with Gasteiger partial charge in [-0.25, -0.2) is 13.4 Å². The lowest BCUT2D eigenvalue weighted by Crippen LogP contribution is -2.17. The van der Waals surface area contributed by atoms with E-state index in [0.29, 0.717) is 17.9 Å². The summed E-state index contributed by atoms with van der Waals surface area (Å²) < 4.78 is 25.6. The number of rotatable bonds is 3. The van der Waals surface area contributed by atoms with Crippen LogP contribution in [0.3, 0.4) is 0 Å². The van der Waals surface area contributed by atoms with E-state index in [1.54, 1.807) is 6.07 Å². The van der Waals surface area contributed by atoms with E-state index < -0.39 is 9.84 Å². The smallest absolute Gasteiger partial charge is 0.277 e. The first-order valence-electron chi connectivity index (χ1n) is 8.99. The highest BCUT2D eigenvalue weighted by Crippen LogP contribution is 2.31. The van der Waals surface area contributed by atoms with Gasteiger partial charge in [0.2, 0.25) is 0 Å². The number of anilines is 1. The standard InChI is InChI=1S/C18H22N4O3S/c1-12-5-4-8-16(19-12)20-18(23)17-14-6-2-3-7-15(14)22(21-17)13-9-10-26(24,25)11-13/h4-5,8,13H,2-3,6-7,9-11H2,1H3,(H,19,20,23)/t13-/m0/s1. The molecule has 2 aromatic rings. The van der Waals surface area contributed by atoms with Gasteiger partial charge in [-0.15, -0.1) is 0 Å². The highest BCUT2D eigenvalue weighted by atomic mass is 32.2. The molecule has 7 nitrogen and oxygen atoms in total. The predicted octanol–water partition coefficient (Wildman–Crippen LogP) is 2.08. The molecule has 1 aliphatic carbocycles. The van der Waals surface area contributed by atoms with Crippen LogP contribution in [0.5, 0.6) is 0 Å². The SMILES string of the molecule is Cc1cccc(NC(=O)c2nn([C@H]3CCS(=O)(=O)C3)c3c2CCCC3)n1. The number of amides is 1. The van der Waals surface area contributed by atoms with Crippen molar-refractivity contribution in [1.29, 1.82) is 0 Å². The zero-order valence-corrected chi connectivity index (χ0v) is 15.6. The fourth-order valence-corrected chi connectivity index (χ4v) is 5.56. The molecule has 138 valence electrons. The fraction of sp³-hybridized carbons (Fsp3) is 0.500. The molecule has 26 heavy (non-hydrogen) atoms. The largest absolute Gasteiger partial charge is 0.305 e. The summed E-state index contributed by atoms with van der Waals surface area (Å²) in [4.78, 5) is 17.1. The Labute approximate surface area is 152 Å². The first-order chi connectivity index (χ1) is 12.4. The Morgan fingerprint density at radius 3 is 2.81 bits per heavy atom. The topological polar surface area (TPSA) is 94.0 Å². The van der Waals surface area contributed by atoms with Gasteiger partial charge >= 0.3 is 0 Å². The number of nitrogens with zero attached hydrogens (tertiary/aromatic N) is 3. The summed E-state index contributed by atoms with van der Waals surface area (Å²) in [6.07, 6.45) is 4.27. The van der Waals surface area contributed by atoms with E-state index in [1.165, 1.54) is 0 Å². The number of pyridine rings is 1. The van der Waals surface area contributed by atoms with Crippen LogP contribution in [0.25, 0.3) is 0 Å². The van der Waals surface area contributed by atoms with Crippen molar-refractivity contribution in [2.75, 3.05) is 16.8 Å². The second kappa shape index (κ2) is 6.50. The zero-order chi connectivity index (χ0) is 18.3. The molecule has 1 fully saturated rings. The van der Waals surface area contributed by atoms with Crippen molar-refractivity contribution in [3.8, 4) is 0 Å². The minimum atomic E-state index is -3.01. The number of hydrogen-bond acceptors (Lipinski definition) is 5. The molecule has 2 aliphatic rings. The normalized spacial score (nSPS) is 21.3. The summed E-state index contributed by atoms with van der Waals surface area (Å²) in [5.74, 6) is 0.529. The van der Waals surface area contributed by atoms with Crippen LogP contribution in [-0.4, -0.2) is 40.6 Å². The summed E-state index contributed by atoms with van der Waals surface area (Å²) in [6, 6.07) is 5.30. The average Bonchev–Trinajstić information content (AvgIpc) is 3.15. The average molecular weight is 374 g/mol. The molecule has 0 unspecified atom stereocenters. The van der Waals surface area contributed by atoms with Crippen LogP contribution >= 0.6 is 0 Å². The molecule has 0 radical (unpaired) electrons. The van der Waals surface area contributed by atoms with E-state index in [9.17, 15) is 13.2 Å². The van der Waals surface area contributed by atoms with Gasteiger partial charge < -0.3 is 5.32 Å². The van der Waals surface area contributed by atoms with Crippen LogP contribution in [0.4, 0.5) is 5.82 Å². The summed E-state index contributed by atoms with van der Waals surface area (Å²) >= 11 is 0. The molecule has 1 N–H and O–H groups in total. The lowest BCUT2D eigenvalue weighted by Gasteiger charge is -2.17. The molecule has 1 saturated heterocycles. The summed E-state index contributed by atoms with van der Waals surface area (Å²) in [5.41, 5.74) is 3.23. The van der Waals surface area contributed by atoms with Gasteiger partial charge in [-0.2, -0.15) is 5.10 Å². The number of hydrogen-bond donors (Lipinski definition) is 1. The van der Waals surface area contributed by atoms with E-state index in [4.69, 9.17) is 0 Å². The zero-order valence-electron chi connectivity index (χ0n) is 14.7. The van der Waals surface area contributed by atoms with Gasteiger partial charge in [-0.05, 0) is 51.2 Å². The van der Waals surface area contributed by atoms with Crippen LogP contribution < -0.4 is 5.32 Å². The number of sulfone groups is 1. The number of fused-ring (bicyclic) bond motifs is 1. The van der Waals surface area contributed by atoms with Gasteiger partial charge in [-0.1, -0.05) is 6.07 Å². The summed E-state index contributed by atoms with van der Waals surface area (Å²) in [6.45, 7) is 1.87. The van der Waals surface area contributed by atoms with E-state index >= 15 is 0 Å². The highest BCUT2D eigenvalue weighted by Gasteiger charge is 2.34. The Bertz CT molecular complexity index is 965. The molecule has 4 rings (SSSR count). The second-order valence-electron chi connectivity index (χ2n) is 7.10. The van der Waals surface area contributed by atoms with Crippen LogP contribution in [0.1, 0.15) is 52.7 Å². The van der Waals surface area contributed by atoms with Crippen LogP contribution in [0, 0.1) is 6.92 Å². The Balaban J connectivity index is 1.67. The maximum absolute atomic E-state index is 12.8. The van der Waals surface area contributed by atoms with Gasteiger partial charge in [-0.3, -0.25) is 9.48 Å². The van der Waals surface area contributed by atoms with Crippen molar-refractivity contribution in [1.82, 2.24) is 14.8 Å². The molecule has 2 aromatic heterocycles. The Hall–Kier alpha value is -2.22. The second-order valence-corrected chi connectivity index (χ2v) is 9.33. The van der Waals surface area contributed by atoms with Crippen molar-refractivity contribution < 1.29 is 13.2 Å². The molecule has 3 heterocycles. The van der Waals surface area contributed by atoms with Crippen molar-refractivity contribution >= 4 is 21.6 Å². The molecule has 1 atom stereocenters. The van der Waals surface area contributed by atoms with Gasteiger partial charge in [0.05, 0.1) is 17.5 Å². The van der Waals surface area contributed by atoms with Crippen molar-refractivity contribution in [2.24, 2.45) is 0 Å². The third-order valence-electron chi connectivity index (χ3n) is 5.11. The number of nitrogens with one attached hydrogen (secondary N) is 1. The molecule has 1 amide bonds. The summed E-state index contributed by atoms with van der Waals surface area (Å²) in [5, 5.41) is 7.40. The van der Waals surface area contributed by atoms with Crippen LogP contribution in [0.15, 0.2) is 18.2 Å². The Morgan fingerprint density at radius 1 is 1.27 bits per heavy atom. The molecular formula is C18H22N4O3S. The maximum atomic E-state index is 12.8. The molecule has 0 spiro atoms. The number of carbonyl (C=O) groups excluding carboxylic acids is 1. The van der Waals surface area contributed by atoms with E-state index in [-0.39, 0.29) is 23.5 Å². The lowest BCUT2D eigenvalue weighted by atomic mass is 9.95. The highest BCUT2D eigenvalue weighted by molar-refractivity contribution is 7.91. The number of aryl methyl sites for hydroxylation is 1.